The van der Waals surface area contributed by atoms with Crippen LogP contribution in [0.3, 0.4) is 0 Å². The summed E-state index contributed by atoms with van der Waals surface area (Å²) >= 11 is 0. The molecule has 1 aromatic carbocycles. The zero-order valence-corrected chi connectivity index (χ0v) is 13.2. The van der Waals surface area contributed by atoms with Crippen LogP contribution in [0.1, 0.15) is 0 Å². The van der Waals surface area contributed by atoms with Gasteiger partial charge in [0.1, 0.15) is 0 Å². The standard InChI is InChI=1S/C14H21N3O3S/c1-15(13-6-4-3-5-7-13)14(18)12-16-8-10-17(11-9-16)21(2,19)20/h3-7H,8-12H2,1-2H3. The summed E-state index contributed by atoms with van der Waals surface area (Å²) in [5, 5.41) is 0. The Balaban J connectivity index is 1.87. The molecule has 1 heterocycles. The SMILES string of the molecule is CN(C(=O)CN1CCN(S(C)(=O)=O)CC1)c1ccccc1. The fourth-order valence-corrected chi connectivity index (χ4v) is 3.14. The molecule has 0 saturated carbocycles. The van der Waals surface area contributed by atoms with E-state index in [1.807, 2.05) is 35.2 Å². The van der Waals surface area contributed by atoms with E-state index in [4.69, 9.17) is 0 Å². The third-order valence-corrected chi connectivity index (χ3v) is 4.98. The van der Waals surface area contributed by atoms with Gasteiger partial charge >= 0.3 is 0 Å². The Morgan fingerprint density at radius 1 is 1.14 bits per heavy atom. The van der Waals surface area contributed by atoms with Gasteiger partial charge in [-0.2, -0.15) is 4.31 Å². The zero-order chi connectivity index (χ0) is 15.5. The van der Waals surface area contributed by atoms with Crippen LogP contribution < -0.4 is 4.90 Å². The lowest BCUT2D eigenvalue weighted by Gasteiger charge is -2.33. The minimum atomic E-state index is -3.13. The van der Waals surface area contributed by atoms with Crippen molar-refractivity contribution in [1.82, 2.24) is 9.21 Å². The average molecular weight is 311 g/mol. The maximum atomic E-state index is 12.2. The van der Waals surface area contributed by atoms with Gasteiger partial charge in [-0.15, -0.1) is 0 Å². The van der Waals surface area contributed by atoms with Crippen LogP contribution in [0.15, 0.2) is 30.3 Å². The quantitative estimate of drug-likeness (QED) is 0.798. The minimum Gasteiger partial charge on any atom is -0.314 e. The predicted octanol–water partition coefficient (Wildman–Crippen LogP) is 0.227. The highest BCUT2D eigenvalue weighted by Crippen LogP contribution is 2.12. The zero-order valence-electron chi connectivity index (χ0n) is 12.4. The molecule has 0 bridgehead atoms. The third-order valence-electron chi connectivity index (χ3n) is 3.68. The summed E-state index contributed by atoms with van der Waals surface area (Å²) in [6.45, 7) is 2.37. The molecular weight excluding hydrogens is 290 g/mol. The second kappa shape index (κ2) is 6.55. The molecule has 116 valence electrons. The van der Waals surface area contributed by atoms with E-state index in [0.717, 1.165) is 5.69 Å². The van der Waals surface area contributed by atoms with Crippen LogP contribution in [-0.2, 0) is 14.8 Å². The first-order chi connectivity index (χ1) is 9.88. The molecule has 1 amide bonds. The number of carbonyl (C=O) groups excluding carboxylic acids is 1. The molecule has 7 heteroatoms. The van der Waals surface area contributed by atoms with Crippen LogP contribution in [0.2, 0.25) is 0 Å². The second-order valence-corrected chi connectivity index (χ2v) is 7.21. The van der Waals surface area contributed by atoms with E-state index in [1.165, 1.54) is 10.6 Å². The number of hydrogen-bond acceptors (Lipinski definition) is 4. The van der Waals surface area contributed by atoms with Crippen LogP contribution in [0.5, 0.6) is 0 Å². The lowest BCUT2D eigenvalue weighted by Crippen LogP contribution is -2.51. The molecule has 1 fully saturated rings. The van der Waals surface area contributed by atoms with Crippen molar-refractivity contribution in [2.24, 2.45) is 0 Å². The summed E-state index contributed by atoms with van der Waals surface area (Å²) in [7, 11) is -1.37. The number of piperazine rings is 1. The smallest absolute Gasteiger partial charge is 0.240 e. The van der Waals surface area contributed by atoms with Crippen molar-refractivity contribution in [2.75, 3.05) is 50.9 Å². The van der Waals surface area contributed by atoms with Crippen molar-refractivity contribution in [1.29, 1.82) is 0 Å². The lowest BCUT2D eigenvalue weighted by atomic mass is 10.3. The van der Waals surface area contributed by atoms with Crippen molar-refractivity contribution in [2.45, 2.75) is 0 Å². The summed E-state index contributed by atoms with van der Waals surface area (Å²) < 4.78 is 24.3. The third kappa shape index (κ3) is 4.26. The van der Waals surface area contributed by atoms with Gasteiger partial charge in [-0.05, 0) is 12.1 Å². The Bertz CT molecular complexity index is 581. The maximum Gasteiger partial charge on any atom is 0.240 e. The average Bonchev–Trinajstić information content (AvgIpc) is 2.47. The second-order valence-electron chi connectivity index (χ2n) is 5.23. The molecule has 0 aromatic heterocycles. The first kappa shape index (κ1) is 15.9. The predicted molar refractivity (Wildman–Crippen MR) is 82.7 cm³/mol. The first-order valence-corrected chi connectivity index (χ1v) is 8.72. The van der Waals surface area contributed by atoms with Gasteiger partial charge in [0, 0.05) is 38.9 Å². The number of carbonyl (C=O) groups is 1. The van der Waals surface area contributed by atoms with Gasteiger partial charge in [0.25, 0.3) is 0 Å². The van der Waals surface area contributed by atoms with Crippen LogP contribution in [0.25, 0.3) is 0 Å². The minimum absolute atomic E-state index is 0.00834. The Morgan fingerprint density at radius 3 is 2.24 bits per heavy atom. The number of likely N-dealkylation sites (N-methyl/N-ethyl adjacent to an activating group) is 1. The number of amides is 1. The number of rotatable bonds is 4. The number of para-hydroxylation sites is 1. The van der Waals surface area contributed by atoms with E-state index >= 15 is 0 Å². The molecule has 21 heavy (non-hydrogen) atoms. The molecule has 0 radical (unpaired) electrons. The fraction of sp³-hybridized carbons (Fsp3) is 0.500. The van der Waals surface area contributed by atoms with Gasteiger partial charge < -0.3 is 4.90 Å². The van der Waals surface area contributed by atoms with E-state index in [2.05, 4.69) is 0 Å². The Morgan fingerprint density at radius 2 is 1.71 bits per heavy atom. The number of nitrogens with zero attached hydrogens (tertiary/aromatic N) is 3. The lowest BCUT2D eigenvalue weighted by molar-refractivity contribution is -0.119. The fourth-order valence-electron chi connectivity index (χ4n) is 2.31. The topological polar surface area (TPSA) is 60.9 Å². The van der Waals surface area contributed by atoms with Crippen molar-refractivity contribution < 1.29 is 13.2 Å². The largest absolute Gasteiger partial charge is 0.314 e. The summed E-state index contributed by atoms with van der Waals surface area (Å²) in [5.74, 6) is 0.00834. The summed E-state index contributed by atoms with van der Waals surface area (Å²) in [6.07, 6.45) is 1.22. The van der Waals surface area contributed by atoms with Crippen molar-refractivity contribution in [3.05, 3.63) is 30.3 Å². The molecule has 0 spiro atoms. The van der Waals surface area contributed by atoms with Crippen molar-refractivity contribution >= 4 is 21.6 Å². The van der Waals surface area contributed by atoms with Crippen LogP contribution >= 0.6 is 0 Å². The van der Waals surface area contributed by atoms with E-state index in [1.54, 1.807) is 11.9 Å². The summed E-state index contributed by atoms with van der Waals surface area (Å²) in [4.78, 5) is 15.9. The Kier molecular flexibility index (Phi) is 4.97. The Hall–Kier alpha value is -1.44. The number of sulfonamides is 1. The molecule has 6 nitrogen and oxygen atoms in total. The number of hydrogen-bond donors (Lipinski definition) is 0. The van der Waals surface area contributed by atoms with Gasteiger partial charge in [-0.3, -0.25) is 9.69 Å². The van der Waals surface area contributed by atoms with E-state index in [-0.39, 0.29) is 5.91 Å². The highest BCUT2D eigenvalue weighted by atomic mass is 32.2. The number of anilines is 1. The van der Waals surface area contributed by atoms with E-state index in [0.29, 0.717) is 32.7 Å². The summed E-state index contributed by atoms with van der Waals surface area (Å²) in [5.41, 5.74) is 0.859. The maximum absolute atomic E-state index is 12.2. The highest BCUT2D eigenvalue weighted by molar-refractivity contribution is 7.88. The summed E-state index contributed by atoms with van der Waals surface area (Å²) in [6, 6.07) is 9.47. The van der Waals surface area contributed by atoms with Crippen molar-refractivity contribution in [3.63, 3.8) is 0 Å². The monoisotopic (exact) mass is 311 g/mol. The molecule has 0 atom stereocenters. The van der Waals surface area contributed by atoms with Crippen LogP contribution in [0.4, 0.5) is 5.69 Å². The molecular formula is C14H21N3O3S. The van der Waals surface area contributed by atoms with Gasteiger partial charge in [-0.1, -0.05) is 18.2 Å². The van der Waals surface area contributed by atoms with Gasteiger partial charge in [0.2, 0.25) is 15.9 Å². The molecule has 1 saturated heterocycles. The molecule has 1 aliphatic heterocycles. The molecule has 1 aliphatic rings. The molecule has 0 N–H and O–H groups in total. The Labute approximate surface area is 126 Å². The van der Waals surface area contributed by atoms with E-state index < -0.39 is 10.0 Å². The molecule has 2 rings (SSSR count). The molecule has 1 aromatic rings. The number of benzene rings is 1. The van der Waals surface area contributed by atoms with Crippen molar-refractivity contribution in [3.8, 4) is 0 Å². The molecule has 0 aliphatic carbocycles. The molecule has 0 unspecified atom stereocenters. The van der Waals surface area contributed by atoms with Gasteiger partial charge in [0.15, 0.2) is 0 Å². The highest BCUT2D eigenvalue weighted by Gasteiger charge is 2.25. The van der Waals surface area contributed by atoms with Gasteiger partial charge in [0.05, 0.1) is 12.8 Å². The van der Waals surface area contributed by atoms with Gasteiger partial charge in [-0.25, -0.2) is 8.42 Å². The first-order valence-electron chi connectivity index (χ1n) is 6.87. The van der Waals surface area contributed by atoms with Crippen LogP contribution in [-0.4, -0.2) is 69.6 Å². The van der Waals surface area contributed by atoms with E-state index in [9.17, 15) is 13.2 Å². The van der Waals surface area contributed by atoms with Crippen LogP contribution in [0, 0.1) is 0 Å². The normalized spacial score (nSPS) is 17.6.